The zero-order valence-electron chi connectivity index (χ0n) is 9.97. The van der Waals surface area contributed by atoms with Crippen LogP contribution in [0.3, 0.4) is 0 Å². The van der Waals surface area contributed by atoms with Gasteiger partial charge in [0.15, 0.2) is 0 Å². The zero-order chi connectivity index (χ0) is 12.1. The first kappa shape index (κ1) is 11.6. The molecule has 0 aromatic carbocycles. The third-order valence-electron chi connectivity index (χ3n) is 2.20. The summed E-state index contributed by atoms with van der Waals surface area (Å²) in [7, 11) is 1.88. The molecule has 7 nitrogen and oxygen atoms in total. The van der Waals surface area contributed by atoms with Crippen molar-refractivity contribution in [1.29, 1.82) is 0 Å². The van der Waals surface area contributed by atoms with E-state index >= 15 is 0 Å². The largest absolute Gasteiger partial charge is 0.475 e. The molecule has 0 aliphatic heterocycles. The summed E-state index contributed by atoms with van der Waals surface area (Å²) >= 11 is 0. The van der Waals surface area contributed by atoms with Crippen molar-refractivity contribution in [3.8, 4) is 5.88 Å². The molecule has 0 saturated carbocycles. The second-order valence-electron chi connectivity index (χ2n) is 3.74. The quantitative estimate of drug-likeness (QED) is 0.744. The van der Waals surface area contributed by atoms with Gasteiger partial charge in [-0.05, 0) is 14.0 Å². The maximum absolute atomic E-state index is 5.45. The van der Waals surface area contributed by atoms with Crippen LogP contribution < -0.4 is 10.1 Å². The molecule has 92 valence electrons. The highest BCUT2D eigenvalue weighted by atomic mass is 16.5. The molecule has 0 unspecified atom stereocenters. The Balaban J connectivity index is 1.77. The van der Waals surface area contributed by atoms with Gasteiger partial charge >= 0.3 is 0 Å². The molecular weight excluding hydrogens is 220 g/mol. The molecule has 2 N–H and O–H groups in total. The van der Waals surface area contributed by atoms with E-state index in [9.17, 15) is 0 Å². The summed E-state index contributed by atoms with van der Waals surface area (Å²) in [4.78, 5) is 0. The lowest BCUT2D eigenvalue weighted by molar-refractivity contribution is 0.279. The highest BCUT2D eigenvalue weighted by molar-refractivity contribution is 5.12. The van der Waals surface area contributed by atoms with E-state index in [0.717, 1.165) is 17.9 Å². The number of aromatic amines is 1. The van der Waals surface area contributed by atoms with E-state index in [1.807, 2.05) is 26.2 Å². The molecule has 2 aromatic rings. The first-order valence-corrected chi connectivity index (χ1v) is 5.46. The van der Waals surface area contributed by atoms with Gasteiger partial charge in [-0.2, -0.15) is 0 Å². The maximum Gasteiger partial charge on any atom is 0.232 e. The number of hydrogen-bond acceptors (Lipinski definition) is 5. The molecule has 2 aromatic heterocycles. The van der Waals surface area contributed by atoms with Gasteiger partial charge in [0.1, 0.15) is 6.61 Å². The minimum atomic E-state index is 0.520. The van der Waals surface area contributed by atoms with Crippen LogP contribution in [0.1, 0.15) is 11.4 Å². The van der Waals surface area contributed by atoms with Crippen molar-refractivity contribution in [2.24, 2.45) is 0 Å². The highest BCUT2D eigenvalue weighted by Crippen LogP contribution is 2.06. The van der Waals surface area contributed by atoms with Crippen LogP contribution in [0.15, 0.2) is 12.3 Å². The van der Waals surface area contributed by atoms with Crippen molar-refractivity contribution in [2.75, 3.05) is 13.7 Å². The van der Waals surface area contributed by atoms with Crippen LogP contribution in [-0.4, -0.2) is 38.8 Å². The molecule has 7 heteroatoms. The standard InChI is InChI=1S/C10H16N6O/c1-8-5-10(14-12-8)17-4-3-16-7-9(6-11-2)13-15-16/h5,7,11H,3-4,6H2,1-2H3,(H,12,14). The van der Waals surface area contributed by atoms with Crippen LogP contribution in [0.2, 0.25) is 0 Å². The number of hydrogen-bond donors (Lipinski definition) is 2. The van der Waals surface area contributed by atoms with Gasteiger partial charge in [-0.3, -0.25) is 5.10 Å². The fraction of sp³-hybridized carbons (Fsp3) is 0.500. The van der Waals surface area contributed by atoms with Gasteiger partial charge in [0.05, 0.1) is 12.2 Å². The Kier molecular flexibility index (Phi) is 3.71. The summed E-state index contributed by atoms with van der Waals surface area (Å²) < 4.78 is 7.21. The van der Waals surface area contributed by atoms with E-state index in [0.29, 0.717) is 19.0 Å². The normalized spacial score (nSPS) is 10.7. The molecule has 0 fully saturated rings. The zero-order valence-corrected chi connectivity index (χ0v) is 9.97. The predicted octanol–water partition coefficient (Wildman–Crippen LogP) is 0.108. The summed E-state index contributed by atoms with van der Waals surface area (Å²) in [6.07, 6.45) is 1.90. The van der Waals surface area contributed by atoms with E-state index in [-0.39, 0.29) is 0 Å². The lowest BCUT2D eigenvalue weighted by Gasteiger charge is -2.01. The van der Waals surface area contributed by atoms with Gasteiger partial charge in [-0.1, -0.05) is 5.21 Å². The van der Waals surface area contributed by atoms with Gasteiger partial charge < -0.3 is 10.1 Å². The molecule has 0 spiro atoms. The van der Waals surface area contributed by atoms with Crippen molar-refractivity contribution in [2.45, 2.75) is 20.0 Å². The lowest BCUT2D eigenvalue weighted by Crippen LogP contribution is -2.09. The molecule has 0 atom stereocenters. The Morgan fingerprint density at radius 3 is 3.12 bits per heavy atom. The summed E-state index contributed by atoms with van der Waals surface area (Å²) in [5.74, 6) is 0.609. The number of aromatic nitrogens is 5. The average Bonchev–Trinajstić information content (AvgIpc) is 2.89. The SMILES string of the molecule is CNCc1cn(CCOc2cc(C)[nH]n2)nn1. The summed E-state index contributed by atoms with van der Waals surface area (Å²) in [6.45, 7) is 3.83. The van der Waals surface area contributed by atoms with Crippen LogP contribution in [-0.2, 0) is 13.1 Å². The monoisotopic (exact) mass is 236 g/mol. The maximum atomic E-state index is 5.45. The fourth-order valence-corrected chi connectivity index (χ4v) is 1.42. The Hall–Kier alpha value is -1.89. The second kappa shape index (κ2) is 5.44. The minimum absolute atomic E-state index is 0.520. The second-order valence-corrected chi connectivity index (χ2v) is 3.74. The Morgan fingerprint density at radius 2 is 2.41 bits per heavy atom. The Bertz CT molecular complexity index is 463. The van der Waals surface area contributed by atoms with Crippen LogP contribution >= 0.6 is 0 Å². The minimum Gasteiger partial charge on any atom is -0.475 e. The number of H-pyrrole nitrogens is 1. The van der Waals surface area contributed by atoms with Crippen molar-refractivity contribution in [3.05, 3.63) is 23.7 Å². The van der Waals surface area contributed by atoms with E-state index in [1.165, 1.54) is 0 Å². The van der Waals surface area contributed by atoms with Gasteiger partial charge in [0, 0.05) is 24.5 Å². The van der Waals surface area contributed by atoms with E-state index in [4.69, 9.17) is 4.74 Å². The van der Waals surface area contributed by atoms with E-state index in [1.54, 1.807) is 4.68 Å². The van der Waals surface area contributed by atoms with Crippen LogP contribution in [0.25, 0.3) is 0 Å². The number of nitrogens with one attached hydrogen (secondary N) is 2. The molecule has 0 amide bonds. The van der Waals surface area contributed by atoms with Crippen molar-refractivity contribution in [3.63, 3.8) is 0 Å². The molecule has 17 heavy (non-hydrogen) atoms. The molecule has 0 bridgehead atoms. The first-order chi connectivity index (χ1) is 8.28. The first-order valence-electron chi connectivity index (χ1n) is 5.46. The summed E-state index contributed by atoms with van der Waals surface area (Å²) in [5, 5.41) is 17.8. The van der Waals surface area contributed by atoms with Gasteiger partial charge in [-0.25, -0.2) is 4.68 Å². The average molecular weight is 236 g/mol. The predicted molar refractivity (Wildman–Crippen MR) is 61.6 cm³/mol. The Labute approximate surface area is 99.2 Å². The summed E-state index contributed by atoms with van der Waals surface area (Å²) in [5.41, 5.74) is 1.90. The van der Waals surface area contributed by atoms with E-state index in [2.05, 4.69) is 25.8 Å². The lowest BCUT2D eigenvalue weighted by atomic mass is 10.5. The molecule has 0 aliphatic rings. The van der Waals surface area contributed by atoms with Crippen molar-refractivity contribution in [1.82, 2.24) is 30.5 Å². The van der Waals surface area contributed by atoms with Crippen LogP contribution in [0.4, 0.5) is 0 Å². The number of ether oxygens (including phenoxy) is 1. The third kappa shape index (κ3) is 3.28. The Morgan fingerprint density at radius 1 is 1.53 bits per heavy atom. The smallest absolute Gasteiger partial charge is 0.232 e. The molecule has 0 saturated heterocycles. The van der Waals surface area contributed by atoms with Gasteiger partial charge in [0.2, 0.25) is 5.88 Å². The molecular formula is C10H16N6O. The number of aryl methyl sites for hydroxylation is 1. The van der Waals surface area contributed by atoms with Crippen LogP contribution in [0, 0.1) is 6.92 Å². The van der Waals surface area contributed by atoms with Gasteiger partial charge in [0.25, 0.3) is 0 Å². The molecule has 2 rings (SSSR count). The van der Waals surface area contributed by atoms with Crippen molar-refractivity contribution < 1.29 is 4.74 Å². The molecule has 0 radical (unpaired) electrons. The molecule has 0 aliphatic carbocycles. The van der Waals surface area contributed by atoms with Gasteiger partial charge in [-0.15, -0.1) is 10.2 Å². The summed E-state index contributed by atoms with van der Waals surface area (Å²) in [6, 6.07) is 1.85. The van der Waals surface area contributed by atoms with Crippen LogP contribution in [0.5, 0.6) is 5.88 Å². The van der Waals surface area contributed by atoms with E-state index < -0.39 is 0 Å². The number of rotatable bonds is 6. The molecule has 2 heterocycles. The highest BCUT2D eigenvalue weighted by Gasteiger charge is 2.01. The third-order valence-corrected chi connectivity index (χ3v) is 2.20. The number of nitrogens with zero attached hydrogens (tertiary/aromatic N) is 4. The van der Waals surface area contributed by atoms with Crippen molar-refractivity contribution >= 4 is 0 Å². The topological polar surface area (TPSA) is 80.7 Å². The fourth-order valence-electron chi connectivity index (χ4n) is 1.42.